The van der Waals surface area contributed by atoms with Crippen molar-refractivity contribution in [3.8, 4) is 0 Å². The Balaban J connectivity index is 3.03. The summed E-state index contributed by atoms with van der Waals surface area (Å²) in [6, 6.07) is 0. The first-order valence-corrected chi connectivity index (χ1v) is 4.81. The lowest BCUT2D eigenvalue weighted by Crippen LogP contribution is -1.73. The van der Waals surface area contributed by atoms with Gasteiger partial charge in [-0.25, -0.2) is 0 Å². The summed E-state index contributed by atoms with van der Waals surface area (Å²) in [4.78, 5) is 0. The molecule has 0 fully saturated rings. The highest BCUT2D eigenvalue weighted by Gasteiger charge is 1.67. The highest BCUT2D eigenvalue weighted by atomic mass is 28.2. The average Bonchev–Trinajstić information content (AvgIpc) is 1.81. The molecule has 0 radical (unpaired) electrons. The molecule has 0 nitrogen and oxygen atoms in total. The van der Waals surface area contributed by atoms with Gasteiger partial charge < -0.3 is 0 Å². The summed E-state index contributed by atoms with van der Waals surface area (Å²) in [6.07, 6.45) is 5.56. The number of hydrogen-bond donors (Lipinski definition) is 0. The molecule has 0 aliphatic rings. The Kier molecular flexibility index (Phi) is 6.44. The van der Waals surface area contributed by atoms with Crippen LogP contribution in [0.1, 0.15) is 20.3 Å². The van der Waals surface area contributed by atoms with E-state index in [0.29, 0.717) is 0 Å². The van der Waals surface area contributed by atoms with Gasteiger partial charge in [0.2, 0.25) is 0 Å². The van der Waals surface area contributed by atoms with Crippen molar-refractivity contribution >= 4 is 9.52 Å². The van der Waals surface area contributed by atoms with Crippen LogP contribution in [0.5, 0.6) is 0 Å². The van der Waals surface area contributed by atoms with Crippen molar-refractivity contribution in [3.63, 3.8) is 0 Å². The maximum Gasteiger partial charge on any atom is 0.0683 e. The van der Waals surface area contributed by atoms with E-state index in [1.165, 1.54) is 6.42 Å². The molecule has 0 aliphatic heterocycles. The van der Waals surface area contributed by atoms with Gasteiger partial charge in [-0.3, -0.25) is 0 Å². The number of hydrogen-bond acceptors (Lipinski definition) is 0. The summed E-state index contributed by atoms with van der Waals surface area (Å²) in [6.45, 7) is 4.24. The van der Waals surface area contributed by atoms with Gasteiger partial charge in [-0.15, -0.1) is 11.4 Å². The van der Waals surface area contributed by atoms with Crippen molar-refractivity contribution in [2.75, 3.05) is 0 Å². The second kappa shape index (κ2) is 6.70. The first-order chi connectivity index (χ1) is 3.91. The SMILES string of the molecule is CC=C[SiH2]C=CCC. The van der Waals surface area contributed by atoms with E-state index in [2.05, 4.69) is 37.4 Å². The van der Waals surface area contributed by atoms with Gasteiger partial charge in [-0.1, -0.05) is 19.1 Å². The highest BCUT2D eigenvalue weighted by molar-refractivity contribution is 6.48. The van der Waals surface area contributed by atoms with E-state index in [-0.39, 0.29) is 9.52 Å². The molecule has 46 valence electrons. The minimum Gasteiger partial charge on any atom is -0.101 e. The van der Waals surface area contributed by atoms with Crippen LogP contribution in [0.2, 0.25) is 0 Å². The van der Waals surface area contributed by atoms with Gasteiger partial charge in [0.15, 0.2) is 0 Å². The van der Waals surface area contributed by atoms with Crippen LogP contribution in [0.25, 0.3) is 0 Å². The number of rotatable bonds is 3. The topological polar surface area (TPSA) is 0 Å². The third-order valence-electron chi connectivity index (χ3n) is 0.910. The van der Waals surface area contributed by atoms with Crippen LogP contribution >= 0.6 is 0 Å². The molecule has 0 aromatic heterocycles. The fourth-order valence-corrected chi connectivity index (χ4v) is 1.43. The van der Waals surface area contributed by atoms with E-state index in [0.717, 1.165) is 0 Å². The third-order valence-corrected chi connectivity index (χ3v) is 2.26. The van der Waals surface area contributed by atoms with E-state index in [1.807, 2.05) is 0 Å². The van der Waals surface area contributed by atoms with E-state index < -0.39 is 0 Å². The lowest BCUT2D eigenvalue weighted by molar-refractivity contribution is 1.23. The molecule has 0 amide bonds. The van der Waals surface area contributed by atoms with Crippen molar-refractivity contribution in [3.05, 3.63) is 23.6 Å². The van der Waals surface area contributed by atoms with Gasteiger partial charge >= 0.3 is 0 Å². The fraction of sp³-hybridized carbons (Fsp3) is 0.429. The van der Waals surface area contributed by atoms with Crippen molar-refractivity contribution in [2.45, 2.75) is 20.3 Å². The molecule has 0 rings (SSSR count). The molecule has 0 saturated carbocycles. The van der Waals surface area contributed by atoms with Gasteiger partial charge in [0.1, 0.15) is 0 Å². The molecule has 0 heterocycles. The predicted octanol–water partition coefficient (Wildman–Crippen LogP) is 1.61. The van der Waals surface area contributed by atoms with Crippen LogP contribution in [0.15, 0.2) is 23.6 Å². The molecule has 0 unspecified atom stereocenters. The predicted molar refractivity (Wildman–Crippen MR) is 42.8 cm³/mol. The summed E-state index contributed by atoms with van der Waals surface area (Å²) in [5.74, 6) is 0. The third kappa shape index (κ3) is 5.70. The maximum absolute atomic E-state index is 2.32. The van der Waals surface area contributed by atoms with Crippen LogP contribution in [0.3, 0.4) is 0 Å². The molecular formula is C7H14Si. The summed E-state index contributed by atoms with van der Waals surface area (Å²) in [5.41, 5.74) is 4.60. The molecule has 0 aromatic rings. The molecule has 8 heavy (non-hydrogen) atoms. The summed E-state index contributed by atoms with van der Waals surface area (Å²) < 4.78 is 0. The van der Waals surface area contributed by atoms with Gasteiger partial charge in [-0.05, 0) is 13.3 Å². The quantitative estimate of drug-likeness (QED) is 0.504. The monoisotopic (exact) mass is 126 g/mol. The van der Waals surface area contributed by atoms with Gasteiger partial charge in [0.25, 0.3) is 0 Å². The zero-order chi connectivity index (χ0) is 6.24. The van der Waals surface area contributed by atoms with Gasteiger partial charge in [0, 0.05) is 0 Å². The highest BCUT2D eigenvalue weighted by Crippen LogP contribution is 1.77. The molecular weight excluding hydrogens is 112 g/mol. The first-order valence-electron chi connectivity index (χ1n) is 3.18. The van der Waals surface area contributed by atoms with Crippen molar-refractivity contribution in [2.24, 2.45) is 0 Å². The van der Waals surface area contributed by atoms with E-state index >= 15 is 0 Å². The number of allylic oxidation sites excluding steroid dienone is 2. The standard InChI is InChI=1S/C7H14Si/c1-3-5-7-8-6-4-2/h4-7H,3,8H2,1-2H3. The van der Waals surface area contributed by atoms with Crippen molar-refractivity contribution < 1.29 is 0 Å². The largest absolute Gasteiger partial charge is 0.101 e. The van der Waals surface area contributed by atoms with Crippen molar-refractivity contribution in [1.82, 2.24) is 0 Å². The normalized spacial score (nSPS) is 13.2. The maximum atomic E-state index is 2.32. The zero-order valence-corrected chi connectivity index (χ0v) is 7.14. The minimum absolute atomic E-state index is 0.0392. The van der Waals surface area contributed by atoms with Crippen LogP contribution in [-0.4, -0.2) is 9.52 Å². The Morgan fingerprint density at radius 2 is 2.12 bits per heavy atom. The van der Waals surface area contributed by atoms with Crippen LogP contribution in [-0.2, 0) is 0 Å². The second-order valence-electron chi connectivity index (χ2n) is 1.68. The molecule has 0 saturated heterocycles. The van der Waals surface area contributed by atoms with Crippen molar-refractivity contribution in [1.29, 1.82) is 0 Å². The molecule has 0 spiro atoms. The first kappa shape index (κ1) is 7.70. The Hall–Kier alpha value is -0.303. The van der Waals surface area contributed by atoms with E-state index in [9.17, 15) is 0 Å². The van der Waals surface area contributed by atoms with Gasteiger partial charge in [-0.2, -0.15) is 0 Å². The average molecular weight is 126 g/mol. The Morgan fingerprint density at radius 3 is 2.62 bits per heavy atom. The molecule has 1 heteroatoms. The van der Waals surface area contributed by atoms with E-state index in [1.54, 1.807) is 0 Å². The minimum atomic E-state index is 0.0392. The Labute approximate surface area is 54.1 Å². The van der Waals surface area contributed by atoms with Gasteiger partial charge in [0.05, 0.1) is 9.52 Å². The zero-order valence-electron chi connectivity index (χ0n) is 5.72. The molecule has 0 N–H and O–H groups in total. The molecule has 0 atom stereocenters. The lowest BCUT2D eigenvalue weighted by atomic mass is 10.5. The fourth-order valence-electron chi connectivity index (χ4n) is 0.478. The lowest BCUT2D eigenvalue weighted by Gasteiger charge is -1.76. The van der Waals surface area contributed by atoms with Crippen LogP contribution in [0, 0.1) is 0 Å². The smallest absolute Gasteiger partial charge is 0.0683 e. The molecule has 0 aromatic carbocycles. The summed E-state index contributed by atoms with van der Waals surface area (Å²) in [5, 5.41) is 0. The molecule has 0 bridgehead atoms. The summed E-state index contributed by atoms with van der Waals surface area (Å²) >= 11 is 0. The van der Waals surface area contributed by atoms with E-state index in [4.69, 9.17) is 0 Å². The Morgan fingerprint density at radius 1 is 1.38 bits per heavy atom. The van der Waals surface area contributed by atoms with Crippen LogP contribution < -0.4 is 0 Å². The summed E-state index contributed by atoms with van der Waals surface area (Å²) in [7, 11) is 0.0392. The molecule has 0 aliphatic carbocycles. The second-order valence-corrected chi connectivity index (χ2v) is 3.10. The Bertz CT molecular complexity index is 82.4. The van der Waals surface area contributed by atoms with Crippen LogP contribution in [0.4, 0.5) is 0 Å².